The van der Waals surface area contributed by atoms with Gasteiger partial charge in [0.25, 0.3) is 0 Å². The van der Waals surface area contributed by atoms with Gasteiger partial charge in [-0.15, -0.1) is 11.3 Å². The van der Waals surface area contributed by atoms with Crippen molar-refractivity contribution in [2.75, 3.05) is 0 Å². The van der Waals surface area contributed by atoms with Crippen LogP contribution in [0, 0.1) is 17.6 Å². The number of aromatic nitrogens is 3. The van der Waals surface area contributed by atoms with E-state index < -0.39 is 28.7 Å². The maximum absolute atomic E-state index is 15.0. The number of halogens is 2. The summed E-state index contributed by atoms with van der Waals surface area (Å²) in [5.74, 6) is -1.70. The highest BCUT2D eigenvalue weighted by molar-refractivity contribution is 7.79. The molecule has 2 heterocycles. The number of nitrogens with zero attached hydrogens (tertiary/aromatic N) is 3. The van der Waals surface area contributed by atoms with Gasteiger partial charge in [0.05, 0.1) is 16.3 Å². The lowest BCUT2D eigenvalue weighted by Crippen LogP contribution is -2.06. The summed E-state index contributed by atoms with van der Waals surface area (Å²) in [6, 6.07) is 17.1. The molecule has 0 saturated heterocycles. The summed E-state index contributed by atoms with van der Waals surface area (Å²) < 4.78 is 52.1. The van der Waals surface area contributed by atoms with E-state index in [1.54, 1.807) is 41.1 Å². The lowest BCUT2D eigenvalue weighted by Gasteiger charge is -2.10. The lowest BCUT2D eigenvalue weighted by molar-refractivity contribution is 0.0691. The Kier molecular flexibility index (Phi) is 7.33. The van der Waals surface area contributed by atoms with E-state index in [4.69, 9.17) is 5.10 Å². The molecule has 0 radical (unpaired) electrons. The van der Waals surface area contributed by atoms with Gasteiger partial charge >= 0.3 is 5.97 Å². The van der Waals surface area contributed by atoms with Crippen molar-refractivity contribution in [3.8, 4) is 27.5 Å². The molecule has 2 aromatic heterocycles. The van der Waals surface area contributed by atoms with Crippen LogP contribution in [-0.2, 0) is 23.9 Å². The van der Waals surface area contributed by atoms with Gasteiger partial charge in [-0.1, -0.05) is 24.3 Å². The predicted octanol–water partition coefficient (Wildman–Crippen LogP) is 6.76. The van der Waals surface area contributed by atoms with E-state index in [1.165, 1.54) is 29.6 Å². The molecule has 3 aromatic carbocycles. The molecule has 7 nitrogen and oxygen atoms in total. The van der Waals surface area contributed by atoms with Crippen molar-refractivity contribution in [1.29, 1.82) is 0 Å². The van der Waals surface area contributed by atoms with Crippen molar-refractivity contribution in [2.24, 2.45) is 5.92 Å². The van der Waals surface area contributed by atoms with Crippen molar-refractivity contribution < 1.29 is 27.4 Å². The third-order valence-corrected chi connectivity index (χ3v) is 8.49. The number of hydrogen-bond acceptors (Lipinski definition) is 5. The molecule has 208 valence electrons. The first-order valence-corrected chi connectivity index (χ1v) is 14.8. The predicted molar refractivity (Wildman–Crippen MR) is 152 cm³/mol. The van der Waals surface area contributed by atoms with Gasteiger partial charge in [-0.05, 0) is 78.8 Å². The highest BCUT2D eigenvalue weighted by atomic mass is 32.2. The third-order valence-electron chi connectivity index (χ3n) is 7.02. The first-order chi connectivity index (χ1) is 19.8. The number of benzene rings is 3. The molecule has 41 heavy (non-hydrogen) atoms. The van der Waals surface area contributed by atoms with E-state index in [-0.39, 0.29) is 16.2 Å². The fourth-order valence-electron chi connectivity index (χ4n) is 4.84. The van der Waals surface area contributed by atoms with E-state index in [9.17, 15) is 23.1 Å². The van der Waals surface area contributed by atoms with Gasteiger partial charge in [0.15, 0.2) is 16.8 Å². The topological polar surface area (TPSA) is 105 Å². The van der Waals surface area contributed by atoms with Gasteiger partial charge in [-0.3, -0.25) is 0 Å². The minimum Gasteiger partial charge on any atom is -0.476 e. The largest absolute Gasteiger partial charge is 0.476 e. The van der Waals surface area contributed by atoms with E-state index in [0.29, 0.717) is 40.7 Å². The minimum atomic E-state index is -2.16. The molecule has 0 amide bonds. The van der Waals surface area contributed by atoms with Crippen LogP contribution in [-0.4, -0.2) is 34.6 Å². The molecule has 1 fully saturated rings. The fourth-order valence-corrected chi connectivity index (χ4v) is 6.06. The maximum Gasteiger partial charge on any atom is 0.355 e. The molecular formula is C30H23F2N3O4S2. The summed E-state index contributed by atoms with van der Waals surface area (Å²) in [6.45, 7) is 0. The molecule has 1 saturated carbocycles. The van der Waals surface area contributed by atoms with Gasteiger partial charge in [0.2, 0.25) is 5.13 Å². The Morgan fingerprint density at radius 1 is 1.05 bits per heavy atom. The Morgan fingerprint density at radius 3 is 2.56 bits per heavy atom. The SMILES string of the molecule is O=C(O)c1csc(-n2nc(-c3ccc(F)c(-c4cccc(F)c4)c3)c(Cc3cccc(S(=O)O)c3)c2CC2CC2)n1. The minimum absolute atomic E-state index is 0.0886. The van der Waals surface area contributed by atoms with Crippen molar-refractivity contribution >= 4 is 28.4 Å². The molecule has 1 unspecified atom stereocenters. The number of thiazole rings is 1. The van der Waals surface area contributed by atoms with Crippen LogP contribution in [0.25, 0.3) is 27.5 Å². The van der Waals surface area contributed by atoms with Crippen LogP contribution in [0.3, 0.4) is 0 Å². The number of rotatable bonds is 9. The van der Waals surface area contributed by atoms with Gasteiger partial charge in [0.1, 0.15) is 11.6 Å². The van der Waals surface area contributed by atoms with Crippen LogP contribution in [0.15, 0.2) is 77.0 Å². The Labute approximate surface area is 240 Å². The summed E-state index contributed by atoms with van der Waals surface area (Å²) in [7, 11) is 0. The average Bonchev–Trinajstić information content (AvgIpc) is 3.51. The zero-order valence-corrected chi connectivity index (χ0v) is 23.1. The molecule has 6 rings (SSSR count). The molecular weight excluding hydrogens is 568 g/mol. The smallest absolute Gasteiger partial charge is 0.355 e. The molecule has 1 aliphatic rings. The molecule has 11 heteroatoms. The molecule has 5 aromatic rings. The highest BCUT2D eigenvalue weighted by Crippen LogP contribution is 2.39. The fraction of sp³-hybridized carbons (Fsp3) is 0.167. The molecule has 0 aliphatic heterocycles. The maximum atomic E-state index is 15.0. The number of carboxylic acid groups (broad SMARTS) is 1. The van der Waals surface area contributed by atoms with Gasteiger partial charge in [-0.2, -0.15) is 5.10 Å². The highest BCUT2D eigenvalue weighted by Gasteiger charge is 2.29. The average molecular weight is 592 g/mol. The Morgan fingerprint density at radius 2 is 1.85 bits per heavy atom. The zero-order chi connectivity index (χ0) is 28.7. The van der Waals surface area contributed by atoms with Gasteiger partial charge in [0, 0.05) is 28.5 Å². The zero-order valence-electron chi connectivity index (χ0n) is 21.5. The number of carbonyl (C=O) groups is 1. The summed E-state index contributed by atoms with van der Waals surface area (Å²) in [4.78, 5) is 16.1. The lowest BCUT2D eigenvalue weighted by atomic mass is 9.95. The Bertz CT molecular complexity index is 1810. The molecule has 1 atom stereocenters. The van der Waals surface area contributed by atoms with Crippen LogP contribution >= 0.6 is 11.3 Å². The molecule has 0 spiro atoms. The first kappa shape index (κ1) is 27.1. The van der Waals surface area contributed by atoms with Crippen LogP contribution in [0.2, 0.25) is 0 Å². The van der Waals surface area contributed by atoms with Gasteiger partial charge in [-0.25, -0.2) is 27.5 Å². The van der Waals surface area contributed by atoms with E-state index >= 15 is 4.39 Å². The second-order valence-corrected chi connectivity index (χ2v) is 11.7. The van der Waals surface area contributed by atoms with Crippen molar-refractivity contribution in [2.45, 2.75) is 30.6 Å². The van der Waals surface area contributed by atoms with Crippen molar-refractivity contribution in [1.82, 2.24) is 14.8 Å². The number of aromatic carboxylic acids is 1. The summed E-state index contributed by atoms with van der Waals surface area (Å²) >= 11 is -0.995. The third kappa shape index (κ3) is 5.74. The van der Waals surface area contributed by atoms with Crippen LogP contribution in [0.1, 0.15) is 40.2 Å². The summed E-state index contributed by atoms with van der Waals surface area (Å²) in [6.07, 6.45) is 3.13. The summed E-state index contributed by atoms with van der Waals surface area (Å²) in [5, 5.41) is 16.2. The molecule has 0 bridgehead atoms. The quantitative estimate of drug-likeness (QED) is 0.184. The Balaban J connectivity index is 1.55. The van der Waals surface area contributed by atoms with E-state index in [1.807, 2.05) is 6.07 Å². The van der Waals surface area contributed by atoms with E-state index in [2.05, 4.69) is 4.98 Å². The number of hydrogen-bond donors (Lipinski definition) is 2. The molecule has 2 N–H and O–H groups in total. The standard InChI is InChI=1S/C30H23F2N3O4S2/c31-21-5-2-4-19(14-21)23-15-20(9-10-25(23)32)28-24(12-18-3-1-6-22(11-18)41(38)39)27(13-17-7-8-17)35(34-28)30-33-26(16-40-30)29(36)37/h1-6,9-11,14-17H,7-8,12-13H2,(H,36,37)(H,38,39). The second-order valence-electron chi connectivity index (χ2n) is 9.93. The van der Waals surface area contributed by atoms with E-state index in [0.717, 1.165) is 41.0 Å². The second kappa shape index (κ2) is 11.1. The van der Waals surface area contributed by atoms with Crippen molar-refractivity contribution in [3.05, 3.63) is 106 Å². The van der Waals surface area contributed by atoms with Crippen LogP contribution < -0.4 is 0 Å². The normalized spacial score (nSPS) is 13.8. The molecule has 1 aliphatic carbocycles. The van der Waals surface area contributed by atoms with Crippen LogP contribution in [0.4, 0.5) is 8.78 Å². The number of carboxylic acids is 1. The Hall–Kier alpha value is -4.06. The van der Waals surface area contributed by atoms with Gasteiger partial charge < -0.3 is 9.66 Å². The first-order valence-electron chi connectivity index (χ1n) is 12.8. The monoisotopic (exact) mass is 591 g/mol. The summed E-state index contributed by atoms with van der Waals surface area (Å²) in [5.41, 5.74) is 4.09. The van der Waals surface area contributed by atoms with Crippen molar-refractivity contribution in [3.63, 3.8) is 0 Å². The van der Waals surface area contributed by atoms with Crippen LogP contribution in [0.5, 0.6) is 0 Å².